The third-order valence-electron chi connectivity index (χ3n) is 3.77. The monoisotopic (exact) mass is 361 g/mol. The molecule has 3 aromatic carbocycles. The maximum absolute atomic E-state index is 12.5. The Morgan fingerprint density at radius 3 is 2.33 bits per heavy atom. The van der Waals surface area contributed by atoms with Crippen molar-refractivity contribution in [2.75, 3.05) is 5.32 Å². The van der Waals surface area contributed by atoms with Gasteiger partial charge in [-0.1, -0.05) is 6.07 Å². The zero-order valence-corrected chi connectivity index (χ0v) is 14.5. The molecule has 0 aromatic heterocycles. The molecule has 0 aliphatic rings. The molecule has 0 aliphatic heterocycles. The Morgan fingerprint density at radius 1 is 0.926 bits per heavy atom. The maximum Gasteiger partial charge on any atom is 0.255 e. The molecule has 6 heteroatoms. The van der Waals surface area contributed by atoms with Gasteiger partial charge < -0.3 is 20.9 Å². The lowest BCUT2D eigenvalue weighted by atomic mass is 10.1. The van der Waals surface area contributed by atoms with E-state index >= 15 is 0 Å². The van der Waals surface area contributed by atoms with Crippen LogP contribution in [0, 0.1) is 0 Å². The van der Waals surface area contributed by atoms with Crippen LogP contribution in [0.5, 0.6) is 17.2 Å². The number of rotatable bonds is 5. The van der Waals surface area contributed by atoms with Crippen molar-refractivity contribution in [2.24, 2.45) is 0 Å². The van der Waals surface area contributed by atoms with Crippen molar-refractivity contribution >= 4 is 23.1 Å². The number of phenolic OH excluding ortho intramolecular Hbond substituents is 1. The van der Waals surface area contributed by atoms with E-state index in [0.717, 1.165) is 0 Å². The summed E-state index contributed by atoms with van der Waals surface area (Å²) in [6.07, 6.45) is 0. The van der Waals surface area contributed by atoms with Crippen LogP contribution in [0.3, 0.4) is 0 Å². The number of anilines is 1. The fourth-order valence-electron chi connectivity index (χ4n) is 2.45. The molecule has 0 bridgehead atoms. The molecule has 0 heterocycles. The van der Waals surface area contributed by atoms with E-state index < -0.39 is 5.91 Å². The minimum absolute atomic E-state index is 0.150. The van der Waals surface area contributed by atoms with E-state index in [0.29, 0.717) is 22.9 Å². The normalized spacial score (nSPS) is 10.3. The van der Waals surface area contributed by atoms with Gasteiger partial charge in [-0.15, -0.1) is 0 Å². The summed E-state index contributed by atoms with van der Waals surface area (Å²) >= 11 is 0. The molecule has 3 rings (SSSR count). The van der Waals surface area contributed by atoms with E-state index in [-0.39, 0.29) is 22.7 Å². The number of carbonyl (C=O) groups excluding carboxylic acids is 2. The van der Waals surface area contributed by atoms with E-state index in [1.807, 2.05) is 0 Å². The van der Waals surface area contributed by atoms with Gasteiger partial charge in [0.25, 0.3) is 5.91 Å². The van der Waals surface area contributed by atoms with Crippen molar-refractivity contribution in [3.8, 4) is 17.2 Å². The van der Waals surface area contributed by atoms with Gasteiger partial charge in [0, 0.05) is 22.9 Å². The predicted molar refractivity (Wildman–Crippen MR) is 102 cm³/mol. The first-order chi connectivity index (χ1) is 12.9. The van der Waals surface area contributed by atoms with Crippen LogP contribution in [0.4, 0.5) is 11.4 Å². The smallest absolute Gasteiger partial charge is 0.255 e. The van der Waals surface area contributed by atoms with Gasteiger partial charge in [0.2, 0.25) is 0 Å². The minimum atomic E-state index is -0.455. The average molecular weight is 361 g/mol. The number of benzene rings is 3. The number of amides is 1. The summed E-state index contributed by atoms with van der Waals surface area (Å²) in [4.78, 5) is 24.0. The fourth-order valence-corrected chi connectivity index (χ4v) is 2.45. The van der Waals surface area contributed by atoms with Gasteiger partial charge in [-0.05, 0) is 61.5 Å². The number of phenols is 1. The first-order valence-corrected chi connectivity index (χ1v) is 8.16. The summed E-state index contributed by atoms with van der Waals surface area (Å²) in [5, 5.41) is 12.4. The van der Waals surface area contributed by atoms with Gasteiger partial charge in [-0.25, -0.2) is 0 Å². The molecule has 0 saturated carbocycles. The quantitative estimate of drug-likeness (QED) is 0.651. The standard InChI is InChI=1S/C21H17N2O4/c1-13(24)14-9-15(11-18(25)10-14)21(26)23-17-3-2-4-20(12-17)27-19-7-5-16(22)6-8-19/h2-12,22,25H,1H3,(H,23,26). The molecule has 1 radical (unpaired) electrons. The molecule has 3 aromatic rings. The summed E-state index contributed by atoms with van der Waals surface area (Å²) in [5.74, 6) is 0.250. The van der Waals surface area contributed by atoms with Crippen LogP contribution in [0.25, 0.3) is 0 Å². The largest absolute Gasteiger partial charge is 0.508 e. The van der Waals surface area contributed by atoms with Crippen molar-refractivity contribution in [2.45, 2.75) is 6.92 Å². The van der Waals surface area contributed by atoms with Crippen molar-refractivity contribution in [1.29, 1.82) is 0 Å². The van der Waals surface area contributed by atoms with E-state index in [1.54, 1.807) is 48.5 Å². The Kier molecular flexibility index (Phi) is 5.08. The number of aromatic hydroxyl groups is 1. The van der Waals surface area contributed by atoms with E-state index in [4.69, 9.17) is 10.5 Å². The van der Waals surface area contributed by atoms with E-state index in [9.17, 15) is 14.7 Å². The average Bonchev–Trinajstić information content (AvgIpc) is 2.63. The highest BCUT2D eigenvalue weighted by molar-refractivity contribution is 6.06. The topological polar surface area (TPSA) is 99.4 Å². The highest BCUT2D eigenvalue weighted by atomic mass is 16.5. The summed E-state index contributed by atoms with van der Waals surface area (Å²) < 4.78 is 5.71. The van der Waals surface area contributed by atoms with Gasteiger partial charge in [0.15, 0.2) is 5.78 Å². The van der Waals surface area contributed by atoms with E-state index in [1.165, 1.54) is 25.1 Å². The van der Waals surface area contributed by atoms with Crippen molar-refractivity contribution in [3.63, 3.8) is 0 Å². The van der Waals surface area contributed by atoms with Crippen LogP contribution >= 0.6 is 0 Å². The molecule has 27 heavy (non-hydrogen) atoms. The number of ether oxygens (including phenoxy) is 1. The second kappa shape index (κ2) is 7.61. The van der Waals surface area contributed by atoms with Gasteiger partial charge in [-0.3, -0.25) is 9.59 Å². The second-order valence-corrected chi connectivity index (χ2v) is 5.93. The van der Waals surface area contributed by atoms with Crippen molar-refractivity contribution in [1.82, 2.24) is 5.73 Å². The molecular weight excluding hydrogens is 344 g/mol. The predicted octanol–water partition coefficient (Wildman–Crippen LogP) is 4.55. The number of ketones is 1. The molecule has 0 aliphatic carbocycles. The van der Waals surface area contributed by atoms with Crippen LogP contribution in [0.15, 0.2) is 66.7 Å². The molecule has 0 fully saturated rings. The SMILES string of the molecule is CC(=O)c1cc(O)cc(C(=O)Nc2cccc(Oc3ccc([NH])cc3)c2)c1. The third-order valence-corrected chi connectivity index (χ3v) is 3.77. The summed E-state index contributed by atoms with van der Waals surface area (Å²) in [6.45, 7) is 1.37. The van der Waals surface area contributed by atoms with E-state index in [2.05, 4.69) is 5.32 Å². The summed E-state index contributed by atoms with van der Waals surface area (Å²) in [6, 6.07) is 17.5. The van der Waals surface area contributed by atoms with Gasteiger partial charge in [0.1, 0.15) is 17.2 Å². The van der Waals surface area contributed by atoms with Crippen LogP contribution in [-0.4, -0.2) is 16.8 Å². The van der Waals surface area contributed by atoms with Crippen LogP contribution in [0.2, 0.25) is 0 Å². The van der Waals surface area contributed by atoms with Gasteiger partial charge in [0.05, 0.1) is 5.69 Å². The van der Waals surface area contributed by atoms with Crippen molar-refractivity contribution in [3.05, 3.63) is 77.9 Å². The Balaban J connectivity index is 1.77. The summed E-state index contributed by atoms with van der Waals surface area (Å²) in [7, 11) is 0. The molecule has 3 N–H and O–H groups in total. The molecule has 6 nitrogen and oxygen atoms in total. The molecule has 1 amide bonds. The number of hydrogen-bond donors (Lipinski definition) is 2. The Hall–Kier alpha value is -3.80. The lowest BCUT2D eigenvalue weighted by Crippen LogP contribution is -2.12. The van der Waals surface area contributed by atoms with Gasteiger partial charge in [-0.2, -0.15) is 0 Å². The molecular formula is C21H17N2O4. The van der Waals surface area contributed by atoms with Crippen LogP contribution in [-0.2, 0) is 0 Å². The minimum Gasteiger partial charge on any atom is -0.508 e. The zero-order chi connectivity index (χ0) is 19.4. The zero-order valence-electron chi connectivity index (χ0n) is 14.5. The van der Waals surface area contributed by atoms with Gasteiger partial charge >= 0.3 is 0 Å². The first-order valence-electron chi connectivity index (χ1n) is 8.16. The maximum atomic E-state index is 12.5. The Labute approximate surface area is 156 Å². The molecule has 0 spiro atoms. The lowest BCUT2D eigenvalue weighted by Gasteiger charge is -2.10. The highest BCUT2D eigenvalue weighted by Gasteiger charge is 2.11. The second-order valence-electron chi connectivity index (χ2n) is 5.93. The number of carbonyl (C=O) groups is 2. The van der Waals surface area contributed by atoms with Crippen LogP contribution in [0.1, 0.15) is 27.6 Å². The molecule has 0 unspecified atom stereocenters. The Morgan fingerprint density at radius 2 is 1.63 bits per heavy atom. The van der Waals surface area contributed by atoms with Crippen LogP contribution < -0.4 is 15.8 Å². The molecule has 0 saturated heterocycles. The molecule has 0 atom stereocenters. The summed E-state index contributed by atoms with van der Waals surface area (Å²) in [5.41, 5.74) is 8.81. The number of Topliss-reactive ketones (excluding diaryl/α,β-unsaturated/α-hetero) is 1. The highest BCUT2D eigenvalue weighted by Crippen LogP contribution is 2.25. The number of nitrogens with one attached hydrogen (secondary N) is 2. The van der Waals surface area contributed by atoms with Crippen molar-refractivity contribution < 1.29 is 19.4 Å². The first kappa shape index (κ1) is 18.0. The molecule has 135 valence electrons. The Bertz CT molecular complexity index is 997. The lowest BCUT2D eigenvalue weighted by molar-refractivity contribution is 0.101. The fraction of sp³-hybridized carbons (Fsp3) is 0.0476. The third kappa shape index (κ3) is 4.64. The number of hydrogen-bond acceptors (Lipinski definition) is 4.